The topological polar surface area (TPSA) is 64.1 Å². The maximum absolute atomic E-state index is 13.4. The Labute approximate surface area is 118 Å². The molecule has 1 atom stereocenters. The van der Waals surface area contributed by atoms with Crippen molar-refractivity contribution in [2.45, 2.75) is 18.3 Å². The molecule has 0 fully saturated rings. The SMILES string of the molecule is Cn1cc(CCC(CN)(CO)c2cccc(F)c2)cn1. The molecule has 1 aromatic heterocycles. The molecule has 0 spiro atoms. The quantitative estimate of drug-likeness (QED) is 0.838. The summed E-state index contributed by atoms with van der Waals surface area (Å²) in [5, 5.41) is 13.9. The fraction of sp³-hybridized carbons (Fsp3) is 0.400. The molecule has 0 saturated carbocycles. The first-order valence-electron chi connectivity index (χ1n) is 6.64. The van der Waals surface area contributed by atoms with Gasteiger partial charge in [0.15, 0.2) is 0 Å². The monoisotopic (exact) mass is 277 g/mol. The third-order valence-electron chi connectivity index (χ3n) is 3.78. The van der Waals surface area contributed by atoms with Crippen molar-refractivity contribution in [1.82, 2.24) is 9.78 Å². The lowest BCUT2D eigenvalue weighted by Crippen LogP contribution is -2.39. The van der Waals surface area contributed by atoms with Gasteiger partial charge < -0.3 is 10.8 Å². The largest absolute Gasteiger partial charge is 0.395 e. The number of aliphatic hydroxyl groups is 1. The van der Waals surface area contributed by atoms with Gasteiger partial charge in [-0.05, 0) is 36.1 Å². The third kappa shape index (κ3) is 3.05. The lowest BCUT2D eigenvalue weighted by atomic mass is 9.77. The number of nitrogens with two attached hydrogens (primary N) is 1. The van der Waals surface area contributed by atoms with Gasteiger partial charge in [0.1, 0.15) is 5.82 Å². The minimum absolute atomic E-state index is 0.104. The number of rotatable bonds is 6. The molecule has 0 amide bonds. The van der Waals surface area contributed by atoms with E-state index in [4.69, 9.17) is 5.73 Å². The number of aliphatic hydroxyl groups excluding tert-OH is 1. The number of hydrogen-bond donors (Lipinski definition) is 2. The van der Waals surface area contributed by atoms with Gasteiger partial charge in [-0.3, -0.25) is 4.68 Å². The van der Waals surface area contributed by atoms with Crippen molar-refractivity contribution in [3.63, 3.8) is 0 Å². The minimum atomic E-state index is -0.613. The van der Waals surface area contributed by atoms with Crippen molar-refractivity contribution in [2.75, 3.05) is 13.2 Å². The van der Waals surface area contributed by atoms with Crippen molar-refractivity contribution in [1.29, 1.82) is 0 Å². The molecule has 0 aliphatic heterocycles. The zero-order valence-electron chi connectivity index (χ0n) is 11.6. The van der Waals surface area contributed by atoms with E-state index in [1.807, 2.05) is 19.3 Å². The van der Waals surface area contributed by atoms with E-state index in [1.54, 1.807) is 16.9 Å². The molecule has 1 unspecified atom stereocenters. The van der Waals surface area contributed by atoms with Crippen LogP contribution in [0.15, 0.2) is 36.7 Å². The lowest BCUT2D eigenvalue weighted by molar-refractivity contribution is 0.188. The summed E-state index contributed by atoms with van der Waals surface area (Å²) in [7, 11) is 1.86. The molecular weight excluding hydrogens is 257 g/mol. The molecule has 0 aliphatic rings. The van der Waals surface area contributed by atoms with Gasteiger partial charge in [0.25, 0.3) is 0 Å². The van der Waals surface area contributed by atoms with Crippen molar-refractivity contribution in [3.05, 3.63) is 53.6 Å². The molecule has 5 heteroatoms. The maximum Gasteiger partial charge on any atom is 0.123 e. The van der Waals surface area contributed by atoms with Gasteiger partial charge >= 0.3 is 0 Å². The summed E-state index contributed by atoms with van der Waals surface area (Å²) in [4.78, 5) is 0. The highest BCUT2D eigenvalue weighted by Crippen LogP contribution is 2.28. The van der Waals surface area contributed by atoms with Crippen LogP contribution in [0.3, 0.4) is 0 Å². The number of nitrogens with zero attached hydrogens (tertiary/aromatic N) is 2. The Bertz CT molecular complexity index is 564. The normalized spacial score (nSPS) is 14.2. The van der Waals surface area contributed by atoms with E-state index in [9.17, 15) is 9.50 Å². The second-order valence-corrected chi connectivity index (χ2v) is 5.18. The second kappa shape index (κ2) is 6.15. The zero-order chi connectivity index (χ0) is 14.6. The zero-order valence-corrected chi connectivity index (χ0v) is 11.6. The van der Waals surface area contributed by atoms with Crippen molar-refractivity contribution < 1.29 is 9.50 Å². The average molecular weight is 277 g/mol. The molecule has 0 bridgehead atoms. The molecule has 108 valence electrons. The number of halogens is 1. The first-order chi connectivity index (χ1) is 9.59. The van der Waals surface area contributed by atoms with Crippen LogP contribution in [-0.2, 0) is 18.9 Å². The summed E-state index contributed by atoms with van der Waals surface area (Å²) in [6, 6.07) is 6.31. The van der Waals surface area contributed by atoms with Gasteiger partial charge in [0, 0.05) is 25.2 Å². The van der Waals surface area contributed by atoms with Crippen LogP contribution in [0, 0.1) is 5.82 Å². The first kappa shape index (κ1) is 14.7. The summed E-state index contributed by atoms with van der Waals surface area (Å²) >= 11 is 0. The molecule has 20 heavy (non-hydrogen) atoms. The summed E-state index contributed by atoms with van der Waals surface area (Å²) in [5.74, 6) is -0.310. The molecule has 2 aromatic rings. The van der Waals surface area contributed by atoms with E-state index in [-0.39, 0.29) is 19.0 Å². The fourth-order valence-electron chi connectivity index (χ4n) is 2.40. The van der Waals surface area contributed by atoms with Crippen LogP contribution in [0.25, 0.3) is 0 Å². The molecule has 0 saturated heterocycles. The molecule has 0 radical (unpaired) electrons. The third-order valence-corrected chi connectivity index (χ3v) is 3.78. The highest BCUT2D eigenvalue weighted by atomic mass is 19.1. The van der Waals surface area contributed by atoms with Gasteiger partial charge in [-0.25, -0.2) is 4.39 Å². The Hall–Kier alpha value is -1.72. The van der Waals surface area contributed by atoms with E-state index >= 15 is 0 Å². The van der Waals surface area contributed by atoms with Crippen LogP contribution in [0.4, 0.5) is 4.39 Å². The van der Waals surface area contributed by atoms with Crippen LogP contribution in [0.2, 0.25) is 0 Å². The summed E-state index contributed by atoms with van der Waals surface area (Å²) in [6.07, 6.45) is 5.12. The molecule has 0 aliphatic carbocycles. The molecule has 1 aromatic carbocycles. The minimum Gasteiger partial charge on any atom is -0.395 e. The summed E-state index contributed by atoms with van der Waals surface area (Å²) < 4.78 is 15.1. The van der Waals surface area contributed by atoms with Crippen molar-refractivity contribution in [3.8, 4) is 0 Å². The van der Waals surface area contributed by atoms with Crippen molar-refractivity contribution in [2.24, 2.45) is 12.8 Å². The van der Waals surface area contributed by atoms with E-state index < -0.39 is 5.41 Å². The van der Waals surface area contributed by atoms with Gasteiger partial charge in [0.2, 0.25) is 0 Å². The first-order valence-corrected chi connectivity index (χ1v) is 6.64. The van der Waals surface area contributed by atoms with Crippen LogP contribution in [0.5, 0.6) is 0 Å². The molecule has 1 heterocycles. The molecule has 4 nitrogen and oxygen atoms in total. The lowest BCUT2D eigenvalue weighted by Gasteiger charge is -2.31. The predicted octanol–water partition coefficient (Wildman–Crippen LogP) is 1.38. The number of aromatic nitrogens is 2. The number of benzene rings is 1. The smallest absolute Gasteiger partial charge is 0.123 e. The van der Waals surface area contributed by atoms with Crippen molar-refractivity contribution >= 4 is 0 Å². The van der Waals surface area contributed by atoms with Gasteiger partial charge in [0.05, 0.1) is 12.8 Å². The van der Waals surface area contributed by atoms with E-state index in [0.29, 0.717) is 6.42 Å². The Morgan fingerprint density at radius 3 is 2.80 bits per heavy atom. The molecule has 3 N–H and O–H groups in total. The van der Waals surface area contributed by atoms with Crippen LogP contribution in [-0.4, -0.2) is 28.0 Å². The van der Waals surface area contributed by atoms with Crippen LogP contribution in [0.1, 0.15) is 17.5 Å². The maximum atomic E-state index is 13.4. The van der Waals surface area contributed by atoms with E-state index in [1.165, 1.54) is 12.1 Å². The second-order valence-electron chi connectivity index (χ2n) is 5.18. The van der Waals surface area contributed by atoms with E-state index in [2.05, 4.69) is 5.10 Å². The molecular formula is C15H20FN3O. The Balaban J connectivity index is 2.20. The van der Waals surface area contributed by atoms with E-state index in [0.717, 1.165) is 17.5 Å². The average Bonchev–Trinajstić information content (AvgIpc) is 2.86. The van der Waals surface area contributed by atoms with Gasteiger partial charge in [-0.1, -0.05) is 12.1 Å². The Morgan fingerprint density at radius 2 is 2.25 bits per heavy atom. The highest BCUT2D eigenvalue weighted by molar-refractivity contribution is 5.27. The van der Waals surface area contributed by atoms with Crippen LogP contribution >= 0.6 is 0 Å². The standard InChI is InChI=1S/C15H20FN3O/c1-19-9-12(8-18-19)5-6-15(10-17,11-20)13-3-2-4-14(16)7-13/h2-4,7-9,20H,5-6,10-11,17H2,1H3. The summed E-state index contributed by atoms with van der Waals surface area (Å²) in [6.45, 7) is 0.167. The van der Waals surface area contributed by atoms with Gasteiger partial charge in [-0.2, -0.15) is 5.10 Å². The number of hydrogen-bond acceptors (Lipinski definition) is 3. The molecule has 2 rings (SSSR count). The number of aryl methyl sites for hydroxylation is 2. The van der Waals surface area contributed by atoms with Gasteiger partial charge in [-0.15, -0.1) is 0 Å². The summed E-state index contributed by atoms with van der Waals surface area (Å²) in [5.41, 5.74) is 7.07. The fourth-order valence-corrected chi connectivity index (χ4v) is 2.40. The Kier molecular flexibility index (Phi) is 4.52. The Morgan fingerprint density at radius 1 is 1.45 bits per heavy atom. The highest BCUT2D eigenvalue weighted by Gasteiger charge is 2.30. The predicted molar refractivity (Wildman–Crippen MR) is 75.7 cm³/mol. The van der Waals surface area contributed by atoms with Crippen LogP contribution < -0.4 is 5.73 Å².